The molecule has 0 aromatic carbocycles. The SMILES string of the molecule is Cc1cscc1C(=O)NC1CCNC(C)C1. The van der Waals surface area contributed by atoms with E-state index in [1.54, 1.807) is 11.3 Å². The number of hydrogen-bond acceptors (Lipinski definition) is 3. The standard InChI is InChI=1S/C12H18N2OS/c1-8-6-16-7-11(8)12(15)14-10-3-4-13-9(2)5-10/h6-7,9-10,13H,3-5H2,1-2H3,(H,14,15). The summed E-state index contributed by atoms with van der Waals surface area (Å²) in [5.74, 6) is 0.0813. The van der Waals surface area contributed by atoms with Gasteiger partial charge in [-0.25, -0.2) is 0 Å². The summed E-state index contributed by atoms with van der Waals surface area (Å²) in [6.07, 6.45) is 2.05. The van der Waals surface area contributed by atoms with Crippen molar-refractivity contribution in [2.75, 3.05) is 6.54 Å². The summed E-state index contributed by atoms with van der Waals surface area (Å²) in [6, 6.07) is 0.825. The van der Waals surface area contributed by atoms with Gasteiger partial charge in [-0.15, -0.1) is 0 Å². The first-order chi connectivity index (χ1) is 7.66. The van der Waals surface area contributed by atoms with Gasteiger partial charge in [0.05, 0.1) is 5.56 Å². The second kappa shape index (κ2) is 4.97. The Bertz CT molecular complexity index is 375. The monoisotopic (exact) mass is 238 g/mol. The molecule has 1 saturated heterocycles. The molecule has 1 aliphatic rings. The molecule has 4 heteroatoms. The maximum atomic E-state index is 12.0. The summed E-state index contributed by atoms with van der Waals surface area (Å²) in [7, 11) is 0. The van der Waals surface area contributed by atoms with Crippen molar-refractivity contribution in [3.8, 4) is 0 Å². The van der Waals surface area contributed by atoms with Gasteiger partial charge < -0.3 is 10.6 Å². The molecule has 16 heavy (non-hydrogen) atoms. The molecule has 1 aromatic heterocycles. The lowest BCUT2D eigenvalue weighted by molar-refractivity contribution is 0.0925. The average Bonchev–Trinajstić information content (AvgIpc) is 2.64. The van der Waals surface area contributed by atoms with Gasteiger partial charge in [-0.2, -0.15) is 11.3 Å². The number of amides is 1. The van der Waals surface area contributed by atoms with E-state index in [1.165, 1.54) is 0 Å². The lowest BCUT2D eigenvalue weighted by Gasteiger charge is -2.28. The van der Waals surface area contributed by atoms with Gasteiger partial charge >= 0.3 is 0 Å². The maximum Gasteiger partial charge on any atom is 0.252 e. The van der Waals surface area contributed by atoms with Crippen LogP contribution in [0.4, 0.5) is 0 Å². The normalized spacial score (nSPS) is 25.4. The Balaban J connectivity index is 1.95. The molecule has 1 fully saturated rings. The third kappa shape index (κ3) is 2.62. The van der Waals surface area contributed by atoms with E-state index in [0.717, 1.165) is 30.5 Å². The van der Waals surface area contributed by atoms with E-state index < -0.39 is 0 Å². The van der Waals surface area contributed by atoms with Crippen LogP contribution < -0.4 is 10.6 Å². The molecule has 3 nitrogen and oxygen atoms in total. The van der Waals surface area contributed by atoms with Crippen LogP contribution in [-0.4, -0.2) is 24.5 Å². The molecule has 0 radical (unpaired) electrons. The number of hydrogen-bond donors (Lipinski definition) is 2. The number of piperidine rings is 1. The smallest absolute Gasteiger partial charge is 0.252 e. The second-order valence-corrected chi connectivity index (χ2v) is 5.26. The molecule has 2 heterocycles. The van der Waals surface area contributed by atoms with Crippen molar-refractivity contribution in [3.05, 3.63) is 21.9 Å². The van der Waals surface area contributed by atoms with Crippen molar-refractivity contribution in [3.63, 3.8) is 0 Å². The van der Waals surface area contributed by atoms with Gasteiger partial charge in [-0.3, -0.25) is 4.79 Å². The average molecular weight is 238 g/mol. The number of aryl methyl sites for hydroxylation is 1. The van der Waals surface area contributed by atoms with Crippen LogP contribution in [0.15, 0.2) is 10.8 Å². The van der Waals surface area contributed by atoms with Gasteiger partial charge in [0.1, 0.15) is 0 Å². The highest BCUT2D eigenvalue weighted by atomic mass is 32.1. The predicted molar refractivity (Wildman–Crippen MR) is 67.0 cm³/mol. The van der Waals surface area contributed by atoms with Crippen LogP contribution >= 0.6 is 11.3 Å². The zero-order valence-electron chi connectivity index (χ0n) is 9.75. The zero-order chi connectivity index (χ0) is 11.5. The molecule has 2 N–H and O–H groups in total. The van der Waals surface area contributed by atoms with Crippen LogP contribution in [-0.2, 0) is 0 Å². The Morgan fingerprint density at radius 3 is 3.00 bits per heavy atom. The number of thiophene rings is 1. The number of carbonyl (C=O) groups is 1. The quantitative estimate of drug-likeness (QED) is 0.826. The Hall–Kier alpha value is -0.870. The molecular weight excluding hydrogens is 220 g/mol. The summed E-state index contributed by atoms with van der Waals surface area (Å²) in [4.78, 5) is 12.0. The van der Waals surface area contributed by atoms with Crippen molar-refractivity contribution in [1.29, 1.82) is 0 Å². The highest BCUT2D eigenvalue weighted by molar-refractivity contribution is 7.08. The largest absolute Gasteiger partial charge is 0.349 e. The van der Waals surface area contributed by atoms with E-state index in [2.05, 4.69) is 17.6 Å². The van der Waals surface area contributed by atoms with Crippen molar-refractivity contribution >= 4 is 17.2 Å². The fourth-order valence-corrected chi connectivity index (χ4v) is 2.95. The number of carbonyl (C=O) groups excluding carboxylic acids is 1. The first kappa shape index (κ1) is 11.6. The van der Waals surface area contributed by atoms with Gasteiger partial charge in [-0.1, -0.05) is 0 Å². The maximum absolute atomic E-state index is 12.0. The van der Waals surface area contributed by atoms with Crippen molar-refractivity contribution in [2.24, 2.45) is 0 Å². The molecule has 88 valence electrons. The molecule has 0 saturated carbocycles. The topological polar surface area (TPSA) is 41.1 Å². The molecule has 1 amide bonds. The molecule has 2 rings (SSSR count). The van der Waals surface area contributed by atoms with Crippen LogP contribution in [0.2, 0.25) is 0 Å². The van der Waals surface area contributed by atoms with E-state index >= 15 is 0 Å². The predicted octanol–water partition coefficient (Wildman–Crippen LogP) is 1.93. The molecule has 2 unspecified atom stereocenters. The van der Waals surface area contributed by atoms with E-state index in [1.807, 2.05) is 17.7 Å². The van der Waals surface area contributed by atoms with Gasteiger partial charge in [0.2, 0.25) is 0 Å². The Morgan fingerprint density at radius 1 is 1.56 bits per heavy atom. The minimum atomic E-state index is 0.0813. The third-order valence-electron chi connectivity index (χ3n) is 3.06. The number of nitrogens with one attached hydrogen (secondary N) is 2. The van der Waals surface area contributed by atoms with Crippen molar-refractivity contribution in [1.82, 2.24) is 10.6 Å². The Kier molecular flexibility index (Phi) is 3.61. The highest BCUT2D eigenvalue weighted by Crippen LogP contribution is 2.15. The number of rotatable bonds is 2. The Labute approximate surface area is 100 Å². The van der Waals surface area contributed by atoms with E-state index in [-0.39, 0.29) is 5.91 Å². The fraction of sp³-hybridized carbons (Fsp3) is 0.583. The molecule has 1 aromatic rings. The first-order valence-corrected chi connectivity index (χ1v) is 6.68. The molecule has 0 spiro atoms. The minimum Gasteiger partial charge on any atom is -0.349 e. The van der Waals surface area contributed by atoms with Gasteiger partial charge in [0, 0.05) is 17.5 Å². The third-order valence-corrected chi connectivity index (χ3v) is 3.92. The lowest BCUT2D eigenvalue weighted by Crippen LogP contribution is -2.46. The molecule has 0 bridgehead atoms. The fourth-order valence-electron chi connectivity index (χ4n) is 2.12. The molecule has 0 aliphatic carbocycles. The summed E-state index contributed by atoms with van der Waals surface area (Å²) in [5, 5.41) is 10.4. The van der Waals surface area contributed by atoms with Gasteiger partial charge in [0.15, 0.2) is 0 Å². The van der Waals surface area contributed by atoms with Crippen LogP contribution in [0.5, 0.6) is 0 Å². The summed E-state index contributed by atoms with van der Waals surface area (Å²) in [5.41, 5.74) is 1.90. The van der Waals surface area contributed by atoms with E-state index in [9.17, 15) is 4.79 Å². The van der Waals surface area contributed by atoms with Crippen LogP contribution in [0.25, 0.3) is 0 Å². The van der Waals surface area contributed by atoms with E-state index in [4.69, 9.17) is 0 Å². The lowest BCUT2D eigenvalue weighted by atomic mass is 10.0. The van der Waals surface area contributed by atoms with E-state index in [0.29, 0.717) is 12.1 Å². The summed E-state index contributed by atoms with van der Waals surface area (Å²) < 4.78 is 0. The summed E-state index contributed by atoms with van der Waals surface area (Å²) in [6.45, 7) is 5.14. The van der Waals surface area contributed by atoms with Crippen LogP contribution in [0.1, 0.15) is 35.7 Å². The molecule has 1 aliphatic heterocycles. The zero-order valence-corrected chi connectivity index (χ0v) is 10.6. The minimum absolute atomic E-state index is 0.0813. The summed E-state index contributed by atoms with van der Waals surface area (Å²) >= 11 is 1.58. The van der Waals surface area contributed by atoms with Crippen LogP contribution in [0.3, 0.4) is 0 Å². The van der Waals surface area contributed by atoms with Crippen LogP contribution in [0, 0.1) is 6.92 Å². The van der Waals surface area contributed by atoms with Crippen molar-refractivity contribution in [2.45, 2.75) is 38.8 Å². The van der Waals surface area contributed by atoms with Gasteiger partial charge in [-0.05, 0) is 44.2 Å². The molecular formula is C12H18N2OS. The molecule has 2 atom stereocenters. The van der Waals surface area contributed by atoms with Crippen molar-refractivity contribution < 1.29 is 4.79 Å². The first-order valence-electron chi connectivity index (χ1n) is 5.74. The second-order valence-electron chi connectivity index (χ2n) is 4.52. The van der Waals surface area contributed by atoms with Gasteiger partial charge in [0.25, 0.3) is 5.91 Å². The highest BCUT2D eigenvalue weighted by Gasteiger charge is 2.21. The Morgan fingerprint density at radius 2 is 2.38 bits per heavy atom.